The first-order chi connectivity index (χ1) is 18.1. The predicted octanol–water partition coefficient (Wildman–Crippen LogP) is 6.53. The van der Waals surface area contributed by atoms with Crippen molar-refractivity contribution in [2.75, 3.05) is 5.32 Å². The van der Waals surface area contributed by atoms with Crippen LogP contribution in [0.2, 0.25) is 0 Å². The highest BCUT2D eigenvalue weighted by atomic mass is 19.4. The number of hydrogen-bond donors (Lipinski definition) is 1. The van der Waals surface area contributed by atoms with E-state index in [1.54, 1.807) is 47.4 Å². The molecule has 5 nitrogen and oxygen atoms in total. The largest absolute Gasteiger partial charge is 0.392 e. The number of halogens is 4. The summed E-state index contributed by atoms with van der Waals surface area (Å²) >= 11 is 0. The van der Waals surface area contributed by atoms with Gasteiger partial charge < -0.3 is 5.32 Å². The minimum atomic E-state index is -4.49. The van der Waals surface area contributed by atoms with E-state index in [2.05, 4.69) is 28.4 Å². The molecule has 4 atom stereocenters. The van der Waals surface area contributed by atoms with Gasteiger partial charge in [-0.05, 0) is 79.6 Å². The number of nitrogens with one attached hydrogen (secondary N) is 1. The van der Waals surface area contributed by atoms with Crippen LogP contribution < -0.4 is 5.32 Å². The third kappa shape index (κ3) is 4.04. The third-order valence-corrected chi connectivity index (χ3v) is 8.39. The lowest BCUT2D eigenvalue weighted by Crippen LogP contribution is -2.49. The zero-order valence-electron chi connectivity index (χ0n) is 20.7. The van der Waals surface area contributed by atoms with Crippen LogP contribution in [0, 0.1) is 29.0 Å². The Morgan fingerprint density at radius 1 is 1.16 bits per heavy atom. The van der Waals surface area contributed by atoms with Crippen molar-refractivity contribution in [1.82, 2.24) is 14.8 Å². The van der Waals surface area contributed by atoms with E-state index in [1.807, 2.05) is 0 Å². The minimum absolute atomic E-state index is 0.231. The molecule has 0 bridgehead atoms. The fourth-order valence-corrected chi connectivity index (χ4v) is 6.60. The number of benzene rings is 1. The second-order valence-electron chi connectivity index (χ2n) is 10.6. The number of nitrogens with zero attached hydrogens (tertiary/aromatic N) is 3. The number of alkyl halides is 3. The summed E-state index contributed by atoms with van der Waals surface area (Å²) in [4.78, 5) is 17.4. The lowest BCUT2D eigenvalue weighted by molar-refractivity contribution is -0.196. The number of aromatic nitrogens is 3. The summed E-state index contributed by atoms with van der Waals surface area (Å²) in [5.41, 5.74) is 4.51. The molecule has 1 amide bonds. The van der Waals surface area contributed by atoms with Gasteiger partial charge in [-0.2, -0.15) is 18.3 Å². The van der Waals surface area contributed by atoms with E-state index in [4.69, 9.17) is 0 Å². The van der Waals surface area contributed by atoms with Gasteiger partial charge in [0.05, 0.1) is 41.3 Å². The van der Waals surface area contributed by atoms with Crippen LogP contribution in [0.25, 0.3) is 11.8 Å². The number of pyridine rings is 1. The molecule has 6 rings (SSSR count). The van der Waals surface area contributed by atoms with Gasteiger partial charge in [0.15, 0.2) is 0 Å². The highest BCUT2D eigenvalue weighted by molar-refractivity contribution is 5.93. The van der Waals surface area contributed by atoms with Gasteiger partial charge in [-0.15, -0.1) is 0 Å². The van der Waals surface area contributed by atoms with Crippen molar-refractivity contribution < 1.29 is 22.4 Å². The molecule has 3 aromatic rings. The molecule has 1 saturated carbocycles. The Labute approximate surface area is 217 Å². The summed E-state index contributed by atoms with van der Waals surface area (Å²) in [6, 6.07) is 9.35. The predicted molar refractivity (Wildman–Crippen MR) is 135 cm³/mol. The standard InChI is InChI=1S/C29H26F4N4O/c1-28-14-17-15-35-37(21-7-5-19(30)6-8-21)25(17)13-18(28)4-9-22-23(28)10-11-24(29(31,32)33)26(22)27(38)36-20-3-2-12-34-16-20/h2-3,5-8,10,12-13,15-16,22,24,26H,4,9,11,14H2,1H3,(H,36,38)/t22?,24-,26-,28+/m1/s1. The molecule has 3 aliphatic carbocycles. The Bertz CT molecular complexity index is 1440. The molecule has 0 spiro atoms. The molecule has 196 valence electrons. The first-order valence-electron chi connectivity index (χ1n) is 12.7. The zero-order valence-corrected chi connectivity index (χ0v) is 20.7. The van der Waals surface area contributed by atoms with E-state index in [1.165, 1.54) is 18.3 Å². The topological polar surface area (TPSA) is 59.8 Å². The Hall–Kier alpha value is -3.75. The van der Waals surface area contributed by atoms with Crippen molar-refractivity contribution in [1.29, 1.82) is 0 Å². The number of rotatable bonds is 3. The molecule has 1 unspecified atom stereocenters. The van der Waals surface area contributed by atoms with Crippen LogP contribution in [0.15, 0.2) is 72.2 Å². The average Bonchev–Trinajstić information content (AvgIpc) is 3.29. The van der Waals surface area contributed by atoms with Crippen molar-refractivity contribution in [3.63, 3.8) is 0 Å². The Morgan fingerprint density at radius 3 is 2.66 bits per heavy atom. The molecule has 9 heteroatoms. The maximum Gasteiger partial charge on any atom is 0.392 e. The van der Waals surface area contributed by atoms with Gasteiger partial charge in [0, 0.05) is 11.6 Å². The van der Waals surface area contributed by atoms with Gasteiger partial charge in [0.2, 0.25) is 5.91 Å². The third-order valence-electron chi connectivity index (χ3n) is 8.39. The van der Waals surface area contributed by atoms with E-state index in [0.717, 1.165) is 28.1 Å². The molecule has 0 aliphatic heterocycles. The zero-order chi connectivity index (χ0) is 26.7. The van der Waals surface area contributed by atoms with Crippen molar-refractivity contribution in [3.05, 3.63) is 89.3 Å². The number of hydrogen-bond acceptors (Lipinski definition) is 3. The van der Waals surface area contributed by atoms with E-state index in [-0.39, 0.29) is 12.2 Å². The second kappa shape index (κ2) is 8.92. The van der Waals surface area contributed by atoms with E-state index in [0.29, 0.717) is 24.9 Å². The van der Waals surface area contributed by atoms with Gasteiger partial charge in [-0.3, -0.25) is 9.78 Å². The van der Waals surface area contributed by atoms with Crippen LogP contribution in [-0.2, 0) is 11.2 Å². The summed E-state index contributed by atoms with van der Waals surface area (Å²) in [5, 5.41) is 7.23. The molecular weight excluding hydrogens is 496 g/mol. The van der Waals surface area contributed by atoms with E-state index < -0.39 is 35.3 Å². The maximum atomic E-state index is 14.2. The average molecular weight is 523 g/mol. The molecule has 0 saturated heterocycles. The Balaban J connectivity index is 1.36. The smallest absolute Gasteiger partial charge is 0.324 e. The van der Waals surface area contributed by atoms with E-state index in [9.17, 15) is 22.4 Å². The van der Waals surface area contributed by atoms with Crippen LogP contribution in [-0.4, -0.2) is 26.8 Å². The molecule has 2 aromatic heterocycles. The van der Waals surface area contributed by atoms with Crippen molar-refractivity contribution in [2.24, 2.45) is 23.2 Å². The molecule has 2 heterocycles. The van der Waals surface area contributed by atoms with Crippen LogP contribution in [0.3, 0.4) is 0 Å². The number of carbonyl (C=O) groups excluding carboxylic acids is 1. The number of amides is 1. The quantitative estimate of drug-likeness (QED) is 0.315. The van der Waals surface area contributed by atoms with Gasteiger partial charge in [0.1, 0.15) is 5.82 Å². The summed E-state index contributed by atoms with van der Waals surface area (Å²) in [5.74, 6) is -4.45. The van der Waals surface area contributed by atoms with Crippen molar-refractivity contribution in [3.8, 4) is 5.69 Å². The van der Waals surface area contributed by atoms with Gasteiger partial charge in [-0.25, -0.2) is 9.07 Å². The fraction of sp³-hybridized carbons (Fsp3) is 0.345. The number of allylic oxidation sites excluding steroid dienone is 3. The normalized spacial score (nSPS) is 26.4. The fourth-order valence-electron chi connectivity index (χ4n) is 6.60. The second-order valence-corrected chi connectivity index (χ2v) is 10.6. The number of fused-ring (bicyclic) bond motifs is 4. The van der Waals surface area contributed by atoms with Crippen LogP contribution in [0.5, 0.6) is 0 Å². The molecule has 1 aromatic carbocycles. The minimum Gasteiger partial charge on any atom is -0.324 e. The van der Waals surface area contributed by atoms with Crippen LogP contribution in [0.4, 0.5) is 23.2 Å². The molecule has 1 fully saturated rings. The first kappa shape index (κ1) is 24.6. The molecule has 0 radical (unpaired) electrons. The van der Waals surface area contributed by atoms with Crippen LogP contribution in [0.1, 0.15) is 37.4 Å². The van der Waals surface area contributed by atoms with Crippen molar-refractivity contribution in [2.45, 2.75) is 38.8 Å². The summed E-state index contributed by atoms with van der Waals surface area (Å²) in [6.45, 7) is 2.07. The van der Waals surface area contributed by atoms with Gasteiger partial charge in [0.25, 0.3) is 0 Å². The number of anilines is 1. The Kier molecular flexibility index (Phi) is 5.77. The van der Waals surface area contributed by atoms with E-state index >= 15 is 0 Å². The summed E-state index contributed by atoms with van der Waals surface area (Å²) in [6.07, 6.45) is 5.44. The first-order valence-corrected chi connectivity index (χ1v) is 12.7. The lowest BCUT2D eigenvalue weighted by Gasteiger charge is -2.50. The molecule has 38 heavy (non-hydrogen) atoms. The lowest BCUT2D eigenvalue weighted by atomic mass is 9.54. The summed E-state index contributed by atoms with van der Waals surface area (Å²) < 4.78 is 57.8. The van der Waals surface area contributed by atoms with Gasteiger partial charge >= 0.3 is 6.18 Å². The highest BCUT2D eigenvalue weighted by Crippen LogP contribution is 2.59. The Morgan fingerprint density at radius 2 is 1.95 bits per heavy atom. The molecule has 3 aliphatic rings. The highest BCUT2D eigenvalue weighted by Gasteiger charge is 2.56. The monoisotopic (exact) mass is 522 g/mol. The van der Waals surface area contributed by atoms with Crippen LogP contribution >= 0.6 is 0 Å². The molecular formula is C29H26F4N4O. The number of carbonyl (C=O) groups is 1. The van der Waals surface area contributed by atoms with Crippen molar-refractivity contribution >= 4 is 17.7 Å². The molecule has 1 N–H and O–H groups in total. The maximum absolute atomic E-state index is 14.2. The SMILES string of the molecule is C[C@]12Cc3cnn(-c4ccc(F)cc4)c3C=C1CCC1C2=CC[C@@H](C(F)(F)F)[C@@H]1C(=O)Nc1cccnc1. The summed E-state index contributed by atoms with van der Waals surface area (Å²) in [7, 11) is 0. The van der Waals surface area contributed by atoms with Gasteiger partial charge in [-0.1, -0.05) is 24.1 Å².